The van der Waals surface area contributed by atoms with Gasteiger partial charge in [0.1, 0.15) is 6.04 Å². The van der Waals surface area contributed by atoms with Gasteiger partial charge < -0.3 is 20.6 Å². The zero-order valence-corrected chi connectivity index (χ0v) is 18.2. The molecule has 0 aromatic carbocycles. The van der Waals surface area contributed by atoms with Crippen molar-refractivity contribution < 1.29 is 27.9 Å². The summed E-state index contributed by atoms with van der Waals surface area (Å²) in [6.07, 6.45) is -1.92. The third-order valence-electron chi connectivity index (χ3n) is 6.07. The Bertz CT molecular complexity index is 554. The highest BCUT2D eigenvalue weighted by molar-refractivity contribution is 6.74. The van der Waals surface area contributed by atoms with E-state index in [-0.39, 0.29) is 17.9 Å². The number of rotatable bonds is 7. The number of aliphatic hydroxyl groups is 1. The van der Waals surface area contributed by atoms with Gasteiger partial charge in [-0.1, -0.05) is 20.8 Å². The first kappa shape index (κ1) is 24.0. The maximum atomic E-state index is 13.5. The van der Waals surface area contributed by atoms with Crippen LogP contribution < -0.4 is 11.1 Å². The number of primary amides is 1. The first-order chi connectivity index (χ1) is 12.1. The Morgan fingerprint density at radius 2 is 1.70 bits per heavy atom. The molecule has 0 spiro atoms. The third kappa shape index (κ3) is 5.71. The van der Waals surface area contributed by atoms with Crippen molar-refractivity contribution in [1.82, 2.24) is 5.32 Å². The minimum absolute atomic E-state index is 0.102. The van der Waals surface area contributed by atoms with Crippen LogP contribution in [0.25, 0.3) is 0 Å². The molecule has 2 amide bonds. The molecule has 0 aromatic rings. The number of amides is 2. The lowest BCUT2D eigenvalue weighted by Gasteiger charge is -2.41. The predicted molar refractivity (Wildman–Crippen MR) is 102 cm³/mol. The van der Waals surface area contributed by atoms with E-state index in [1.54, 1.807) is 6.92 Å². The highest BCUT2D eigenvalue weighted by Crippen LogP contribution is 2.43. The summed E-state index contributed by atoms with van der Waals surface area (Å²) in [5, 5.41) is 12.2. The van der Waals surface area contributed by atoms with Crippen LogP contribution in [0, 0.1) is 5.41 Å². The van der Waals surface area contributed by atoms with E-state index in [1.165, 1.54) is 0 Å². The summed E-state index contributed by atoms with van der Waals surface area (Å²) in [6.45, 7) is 11.3. The van der Waals surface area contributed by atoms with Gasteiger partial charge in [0.15, 0.2) is 8.32 Å². The van der Waals surface area contributed by atoms with E-state index in [4.69, 9.17) is 10.2 Å². The number of hydrogen-bond donors (Lipinski definition) is 3. The predicted octanol–water partition coefficient (Wildman–Crippen LogP) is 2.55. The average Bonchev–Trinajstić information content (AvgIpc) is 2.51. The summed E-state index contributed by atoms with van der Waals surface area (Å²) in [5.74, 6) is -4.22. The molecule has 6 nitrogen and oxygen atoms in total. The van der Waals surface area contributed by atoms with Crippen molar-refractivity contribution in [1.29, 1.82) is 0 Å². The molecule has 0 aromatic heterocycles. The van der Waals surface area contributed by atoms with Gasteiger partial charge in [-0.25, -0.2) is 8.78 Å². The van der Waals surface area contributed by atoms with E-state index in [9.17, 15) is 23.5 Å². The Labute approximate surface area is 161 Å². The number of aliphatic hydroxyl groups excluding tert-OH is 1. The summed E-state index contributed by atoms with van der Waals surface area (Å²) in [7, 11) is -2.22. The second kappa shape index (κ2) is 8.12. The fourth-order valence-electron chi connectivity index (χ4n) is 2.97. The van der Waals surface area contributed by atoms with Gasteiger partial charge in [-0.2, -0.15) is 0 Å². The molecule has 1 rings (SSSR count). The van der Waals surface area contributed by atoms with Crippen LogP contribution in [0.2, 0.25) is 18.1 Å². The average molecular weight is 409 g/mol. The van der Waals surface area contributed by atoms with E-state index >= 15 is 0 Å². The number of alkyl halides is 2. The highest BCUT2D eigenvalue weighted by atomic mass is 28.4. The van der Waals surface area contributed by atoms with Gasteiger partial charge in [-0.15, -0.1) is 0 Å². The Balaban J connectivity index is 2.93. The van der Waals surface area contributed by atoms with Crippen LogP contribution in [-0.4, -0.2) is 49.9 Å². The molecular formula is C18H34F2N2O4Si. The van der Waals surface area contributed by atoms with Crippen LogP contribution in [0.4, 0.5) is 8.78 Å². The van der Waals surface area contributed by atoms with E-state index < -0.39 is 63.1 Å². The van der Waals surface area contributed by atoms with Crippen LogP contribution in [-0.2, 0) is 14.0 Å². The van der Waals surface area contributed by atoms with Crippen molar-refractivity contribution in [2.45, 2.75) is 89.6 Å². The van der Waals surface area contributed by atoms with Gasteiger partial charge in [0.05, 0.1) is 18.1 Å². The van der Waals surface area contributed by atoms with Crippen LogP contribution in [0.15, 0.2) is 0 Å². The molecule has 0 radical (unpaired) electrons. The molecule has 2 atom stereocenters. The lowest BCUT2D eigenvalue weighted by molar-refractivity contribution is -0.146. The van der Waals surface area contributed by atoms with Crippen molar-refractivity contribution in [2.24, 2.45) is 11.1 Å². The van der Waals surface area contributed by atoms with Crippen molar-refractivity contribution in [3.05, 3.63) is 0 Å². The van der Waals surface area contributed by atoms with E-state index in [2.05, 4.69) is 5.32 Å². The van der Waals surface area contributed by atoms with Gasteiger partial charge in [0, 0.05) is 12.8 Å². The zero-order chi connectivity index (χ0) is 21.3. The zero-order valence-electron chi connectivity index (χ0n) is 17.2. The third-order valence-corrected chi connectivity index (χ3v) is 10.6. The number of nitrogens with one attached hydrogen (secondary N) is 1. The molecule has 4 N–H and O–H groups in total. The molecule has 0 saturated heterocycles. The number of halogens is 2. The van der Waals surface area contributed by atoms with Gasteiger partial charge in [-0.05, 0) is 37.9 Å². The second-order valence-corrected chi connectivity index (χ2v) is 14.0. The molecule has 9 heteroatoms. The normalized spacial score (nSPS) is 22.0. The molecule has 0 bridgehead atoms. The highest BCUT2D eigenvalue weighted by Gasteiger charge is 2.49. The molecule has 0 aliphatic heterocycles. The second-order valence-electron chi connectivity index (χ2n) is 9.23. The van der Waals surface area contributed by atoms with Crippen molar-refractivity contribution in [3.8, 4) is 0 Å². The Morgan fingerprint density at radius 3 is 2.07 bits per heavy atom. The lowest BCUT2D eigenvalue weighted by atomic mass is 9.72. The van der Waals surface area contributed by atoms with E-state index in [0.717, 1.165) is 0 Å². The molecule has 1 aliphatic rings. The molecule has 1 aliphatic carbocycles. The first-order valence-electron chi connectivity index (χ1n) is 9.34. The maximum Gasteiger partial charge on any atom is 0.248 e. The Morgan fingerprint density at radius 1 is 1.22 bits per heavy atom. The lowest BCUT2D eigenvalue weighted by Crippen LogP contribution is -2.59. The fraction of sp³-hybridized carbons (Fsp3) is 0.889. The number of nitrogens with two attached hydrogens (primary N) is 1. The number of carbonyl (C=O) groups is 2. The molecule has 0 unspecified atom stereocenters. The maximum absolute atomic E-state index is 13.5. The fourth-order valence-corrected chi connectivity index (χ4v) is 4.39. The summed E-state index contributed by atoms with van der Waals surface area (Å²) < 4.78 is 33.1. The van der Waals surface area contributed by atoms with Crippen molar-refractivity contribution in [3.63, 3.8) is 0 Å². The van der Waals surface area contributed by atoms with Gasteiger partial charge in [0.25, 0.3) is 0 Å². The topological polar surface area (TPSA) is 102 Å². The van der Waals surface area contributed by atoms with Crippen LogP contribution >= 0.6 is 0 Å². The summed E-state index contributed by atoms with van der Waals surface area (Å²) in [6, 6.07) is -1.10. The molecule has 0 heterocycles. The minimum atomic E-state index is -2.83. The molecule has 1 fully saturated rings. The number of carbonyl (C=O) groups excluding carboxylic acids is 2. The Hall–Kier alpha value is -1.06. The van der Waals surface area contributed by atoms with Gasteiger partial charge >= 0.3 is 0 Å². The van der Waals surface area contributed by atoms with Crippen LogP contribution in [0.3, 0.4) is 0 Å². The van der Waals surface area contributed by atoms with Gasteiger partial charge in [-0.3, -0.25) is 9.59 Å². The minimum Gasteiger partial charge on any atom is -0.412 e. The SMILES string of the molecule is C[C@@H](O[Si](C)(C)C(C)(C)C)[C@H](NC(=O)C1(CO)CCC(F)(F)CC1)C(N)=O. The number of hydrogen-bond acceptors (Lipinski definition) is 4. The largest absolute Gasteiger partial charge is 0.412 e. The van der Waals surface area contributed by atoms with E-state index in [0.29, 0.717) is 0 Å². The summed E-state index contributed by atoms with van der Waals surface area (Å²) in [4.78, 5) is 24.7. The van der Waals surface area contributed by atoms with Gasteiger partial charge in [0.2, 0.25) is 17.7 Å². The molecule has 158 valence electrons. The quantitative estimate of drug-likeness (QED) is 0.564. The molecule has 1 saturated carbocycles. The monoisotopic (exact) mass is 408 g/mol. The summed E-state index contributed by atoms with van der Waals surface area (Å²) in [5.41, 5.74) is 4.14. The van der Waals surface area contributed by atoms with Crippen LogP contribution in [0.5, 0.6) is 0 Å². The van der Waals surface area contributed by atoms with Crippen LogP contribution in [0.1, 0.15) is 53.4 Å². The van der Waals surface area contributed by atoms with E-state index in [1.807, 2.05) is 33.9 Å². The van der Waals surface area contributed by atoms with Crippen molar-refractivity contribution in [2.75, 3.05) is 6.61 Å². The standard InChI is InChI=1S/C18H34F2N2O4Si/c1-12(26-27(5,6)16(2,3)4)13(14(21)24)22-15(25)17(11-23)7-9-18(19,20)10-8-17/h12-13,23H,7-11H2,1-6H3,(H2,21,24)(H,22,25)/t12-,13+/m1/s1. The Kier molecular flexibility index (Phi) is 7.21. The van der Waals surface area contributed by atoms with Crippen molar-refractivity contribution >= 4 is 20.1 Å². The summed E-state index contributed by atoms with van der Waals surface area (Å²) >= 11 is 0. The first-order valence-corrected chi connectivity index (χ1v) is 12.2. The smallest absolute Gasteiger partial charge is 0.248 e. The molecular weight excluding hydrogens is 374 g/mol. The molecule has 27 heavy (non-hydrogen) atoms.